The molecule has 2 aromatic rings. The van der Waals surface area contributed by atoms with Crippen molar-refractivity contribution in [1.29, 1.82) is 0 Å². The predicted octanol–water partition coefficient (Wildman–Crippen LogP) is 2.25. The van der Waals surface area contributed by atoms with Gasteiger partial charge in [-0.2, -0.15) is 0 Å². The number of oxime groups is 1. The molecule has 1 atom stereocenters. The molecule has 0 bridgehead atoms. The van der Waals surface area contributed by atoms with E-state index in [1.54, 1.807) is 13.1 Å². The zero-order chi connectivity index (χ0) is 17.3. The maximum absolute atomic E-state index is 12.7. The Labute approximate surface area is 146 Å². The van der Waals surface area contributed by atoms with E-state index in [9.17, 15) is 4.79 Å². The van der Waals surface area contributed by atoms with Crippen LogP contribution in [0.5, 0.6) is 0 Å². The van der Waals surface area contributed by atoms with Crippen LogP contribution in [0.1, 0.15) is 30.2 Å². The number of pyridine rings is 1. The molecule has 0 saturated heterocycles. The van der Waals surface area contributed by atoms with Crippen molar-refractivity contribution in [2.75, 3.05) is 11.9 Å². The Bertz CT molecular complexity index is 835. The van der Waals surface area contributed by atoms with Crippen LogP contribution in [-0.4, -0.2) is 28.7 Å². The Kier molecular flexibility index (Phi) is 3.97. The number of nitrogens with one attached hydrogen (secondary N) is 2. The Balaban J connectivity index is 1.46. The van der Waals surface area contributed by atoms with E-state index in [0.717, 1.165) is 42.0 Å². The van der Waals surface area contributed by atoms with Gasteiger partial charge in [-0.3, -0.25) is 9.78 Å². The summed E-state index contributed by atoms with van der Waals surface area (Å²) in [6, 6.07) is 11.7. The Morgan fingerprint density at radius 3 is 3.00 bits per heavy atom. The highest BCUT2D eigenvalue weighted by molar-refractivity contribution is 6.07. The molecule has 6 heteroatoms. The van der Waals surface area contributed by atoms with Crippen LogP contribution >= 0.6 is 0 Å². The number of hydrogen-bond acceptors (Lipinski definition) is 5. The Morgan fingerprint density at radius 1 is 1.32 bits per heavy atom. The molecule has 0 aliphatic carbocycles. The first kappa shape index (κ1) is 15.8. The van der Waals surface area contributed by atoms with Gasteiger partial charge in [0, 0.05) is 31.6 Å². The molecule has 1 aromatic heterocycles. The van der Waals surface area contributed by atoms with Crippen LogP contribution in [0.4, 0.5) is 5.69 Å². The number of aromatic nitrogens is 1. The monoisotopic (exact) mass is 336 g/mol. The number of nitrogens with zero attached hydrogens (tertiary/aromatic N) is 2. The van der Waals surface area contributed by atoms with Gasteiger partial charge >= 0.3 is 0 Å². The Morgan fingerprint density at radius 2 is 2.16 bits per heavy atom. The van der Waals surface area contributed by atoms with Crippen molar-refractivity contribution < 1.29 is 9.63 Å². The Hall–Kier alpha value is -2.73. The summed E-state index contributed by atoms with van der Waals surface area (Å²) in [4.78, 5) is 22.7. The highest BCUT2D eigenvalue weighted by Crippen LogP contribution is 2.28. The van der Waals surface area contributed by atoms with Crippen LogP contribution in [0, 0.1) is 0 Å². The largest absolute Gasteiger partial charge is 0.379 e. The van der Waals surface area contributed by atoms with Crippen molar-refractivity contribution in [2.24, 2.45) is 5.16 Å². The molecule has 2 N–H and O–H groups in total. The second-order valence-electron chi connectivity index (χ2n) is 6.61. The molecule has 2 aliphatic heterocycles. The minimum atomic E-state index is -1.01. The third kappa shape index (κ3) is 3.13. The second-order valence-corrected chi connectivity index (χ2v) is 6.61. The van der Waals surface area contributed by atoms with Crippen molar-refractivity contribution >= 4 is 17.3 Å². The average Bonchev–Trinajstić information content (AvgIpc) is 3.06. The maximum Gasteiger partial charge on any atom is 0.271 e. The normalized spacial score (nSPS) is 21.9. The van der Waals surface area contributed by atoms with E-state index < -0.39 is 5.60 Å². The van der Waals surface area contributed by atoms with Gasteiger partial charge in [0.15, 0.2) is 0 Å². The number of rotatable bonds is 3. The van der Waals surface area contributed by atoms with E-state index in [0.29, 0.717) is 12.1 Å². The van der Waals surface area contributed by atoms with E-state index in [2.05, 4.69) is 20.8 Å². The number of benzene rings is 1. The van der Waals surface area contributed by atoms with E-state index in [1.807, 2.05) is 36.4 Å². The average molecular weight is 336 g/mol. The molecule has 0 spiro atoms. The molecule has 4 rings (SSSR count). The lowest BCUT2D eigenvalue weighted by molar-refractivity contribution is -0.135. The first-order valence-corrected chi connectivity index (χ1v) is 8.44. The van der Waals surface area contributed by atoms with Crippen molar-refractivity contribution in [1.82, 2.24) is 10.3 Å². The van der Waals surface area contributed by atoms with Crippen LogP contribution in [0.2, 0.25) is 0 Å². The molecular weight excluding hydrogens is 316 g/mol. The van der Waals surface area contributed by atoms with Crippen LogP contribution in [0.25, 0.3) is 0 Å². The molecule has 2 aliphatic rings. The summed E-state index contributed by atoms with van der Waals surface area (Å²) in [6.45, 7) is 3.48. The fourth-order valence-electron chi connectivity index (χ4n) is 3.13. The predicted molar refractivity (Wildman–Crippen MR) is 95.4 cm³/mol. The summed E-state index contributed by atoms with van der Waals surface area (Å²) in [5.41, 5.74) is 3.65. The van der Waals surface area contributed by atoms with Gasteiger partial charge in [0.1, 0.15) is 0 Å². The zero-order valence-electron chi connectivity index (χ0n) is 14.1. The SMILES string of the molecule is CC1(C(=O)Nc2cnc3c(c2)CNCC3)CC(c2ccccc2)=NO1. The fourth-order valence-corrected chi connectivity index (χ4v) is 3.13. The summed E-state index contributed by atoms with van der Waals surface area (Å²) < 4.78 is 0. The molecule has 6 nitrogen and oxygen atoms in total. The molecule has 3 heterocycles. The number of anilines is 1. The van der Waals surface area contributed by atoms with Crippen molar-refractivity contribution in [3.8, 4) is 0 Å². The van der Waals surface area contributed by atoms with Crippen molar-refractivity contribution in [3.63, 3.8) is 0 Å². The molecular formula is C19H20N4O2. The van der Waals surface area contributed by atoms with Gasteiger partial charge in [-0.15, -0.1) is 0 Å². The van der Waals surface area contributed by atoms with Crippen LogP contribution in [-0.2, 0) is 22.6 Å². The quantitative estimate of drug-likeness (QED) is 0.901. The summed E-state index contributed by atoms with van der Waals surface area (Å²) >= 11 is 0. The molecule has 1 amide bonds. The van der Waals surface area contributed by atoms with E-state index in [-0.39, 0.29) is 5.91 Å². The van der Waals surface area contributed by atoms with Gasteiger partial charge in [0.2, 0.25) is 5.60 Å². The zero-order valence-corrected chi connectivity index (χ0v) is 14.1. The number of carbonyl (C=O) groups excluding carboxylic acids is 1. The van der Waals surface area contributed by atoms with E-state index in [1.165, 1.54) is 0 Å². The second kappa shape index (κ2) is 6.29. The smallest absolute Gasteiger partial charge is 0.271 e. The third-order valence-electron chi connectivity index (χ3n) is 4.62. The lowest BCUT2D eigenvalue weighted by atomic mass is 9.95. The van der Waals surface area contributed by atoms with Crippen LogP contribution in [0.3, 0.4) is 0 Å². The number of amides is 1. The summed E-state index contributed by atoms with van der Waals surface area (Å²) in [6.07, 6.45) is 3.06. The maximum atomic E-state index is 12.7. The molecule has 25 heavy (non-hydrogen) atoms. The molecule has 0 radical (unpaired) electrons. The fraction of sp³-hybridized carbons (Fsp3) is 0.316. The van der Waals surface area contributed by atoms with Crippen molar-refractivity contribution in [2.45, 2.75) is 31.9 Å². The standard InChI is InChI=1S/C19H20N4O2/c1-19(10-17(23-25-19)13-5-3-2-4-6-13)18(24)22-15-9-14-11-20-8-7-16(14)21-12-15/h2-6,9,12,20H,7-8,10-11H2,1H3,(H,22,24). The van der Waals surface area contributed by atoms with E-state index in [4.69, 9.17) is 4.84 Å². The highest BCUT2D eigenvalue weighted by Gasteiger charge is 2.42. The van der Waals surface area contributed by atoms with Gasteiger partial charge in [0.05, 0.1) is 17.6 Å². The van der Waals surface area contributed by atoms with E-state index >= 15 is 0 Å². The summed E-state index contributed by atoms with van der Waals surface area (Å²) in [5.74, 6) is -0.215. The van der Waals surface area contributed by atoms with Gasteiger partial charge in [-0.25, -0.2) is 0 Å². The number of carbonyl (C=O) groups is 1. The molecule has 0 saturated carbocycles. The molecule has 1 aromatic carbocycles. The number of hydrogen-bond donors (Lipinski definition) is 2. The molecule has 1 unspecified atom stereocenters. The minimum absolute atomic E-state index is 0.215. The summed E-state index contributed by atoms with van der Waals surface area (Å²) in [7, 11) is 0. The first-order chi connectivity index (χ1) is 12.1. The lowest BCUT2D eigenvalue weighted by Crippen LogP contribution is -2.40. The molecule has 128 valence electrons. The van der Waals surface area contributed by atoms with Gasteiger partial charge in [-0.1, -0.05) is 35.5 Å². The highest BCUT2D eigenvalue weighted by atomic mass is 16.7. The minimum Gasteiger partial charge on any atom is -0.379 e. The van der Waals surface area contributed by atoms with Gasteiger partial charge in [-0.05, 0) is 24.1 Å². The van der Waals surface area contributed by atoms with Gasteiger partial charge < -0.3 is 15.5 Å². The van der Waals surface area contributed by atoms with Crippen LogP contribution in [0.15, 0.2) is 47.8 Å². The van der Waals surface area contributed by atoms with Crippen LogP contribution < -0.4 is 10.6 Å². The topological polar surface area (TPSA) is 75.6 Å². The van der Waals surface area contributed by atoms with Gasteiger partial charge in [0.25, 0.3) is 5.91 Å². The summed E-state index contributed by atoms with van der Waals surface area (Å²) in [5, 5.41) is 10.4. The lowest BCUT2D eigenvalue weighted by Gasteiger charge is -2.21. The third-order valence-corrected chi connectivity index (χ3v) is 4.62. The van der Waals surface area contributed by atoms with Crippen molar-refractivity contribution in [3.05, 3.63) is 59.4 Å². The first-order valence-electron chi connectivity index (χ1n) is 8.44. The molecule has 0 fully saturated rings. The number of fused-ring (bicyclic) bond motifs is 1.